The maximum absolute atomic E-state index is 3.70. The molecule has 1 aliphatic heterocycles. The van der Waals surface area contributed by atoms with Crippen molar-refractivity contribution in [2.45, 2.75) is 72.5 Å². The fraction of sp³-hybridized carbons (Fsp3) is 1.00. The first-order chi connectivity index (χ1) is 7.95. The summed E-state index contributed by atoms with van der Waals surface area (Å²) in [6, 6.07) is 2.13. The highest BCUT2D eigenvalue weighted by Crippen LogP contribution is 2.22. The van der Waals surface area contributed by atoms with Crippen LogP contribution < -0.4 is 5.32 Å². The molecule has 0 aromatic heterocycles. The van der Waals surface area contributed by atoms with Gasteiger partial charge >= 0.3 is 0 Å². The third kappa shape index (κ3) is 4.26. The predicted molar refractivity (Wildman–Crippen MR) is 76.3 cm³/mol. The summed E-state index contributed by atoms with van der Waals surface area (Å²) in [4.78, 5) is 2.76. The van der Waals surface area contributed by atoms with E-state index in [2.05, 4.69) is 51.8 Å². The van der Waals surface area contributed by atoms with Crippen LogP contribution in [-0.2, 0) is 0 Å². The van der Waals surface area contributed by atoms with Gasteiger partial charge in [0.15, 0.2) is 0 Å². The number of hydrogen-bond donors (Lipinski definition) is 1. The Hall–Kier alpha value is -0.0800. The van der Waals surface area contributed by atoms with Gasteiger partial charge in [-0.3, -0.25) is 4.90 Å². The summed E-state index contributed by atoms with van der Waals surface area (Å²) < 4.78 is 0. The van der Waals surface area contributed by atoms with E-state index in [1.165, 1.54) is 25.9 Å². The molecule has 0 amide bonds. The smallest absolute Gasteiger partial charge is 0.0247 e. The van der Waals surface area contributed by atoms with E-state index in [1.807, 2.05) is 0 Å². The third-order valence-electron chi connectivity index (χ3n) is 4.11. The van der Waals surface area contributed by atoms with E-state index in [4.69, 9.17) is 0 Å². The van der Waals surface area contributed by atoms with Crippen LogP contribution in [0.25, 0.3) is 0 Å². The van der Waals surface area contributed by atoms with E-state index in [-0.39, 0.29) is 0 Å². The molecular formula is C15H32N2. The van der Waals surface area contributed by atoms with Gasteiger partial charge in [-0.1, -0.05) is 34.6 Å². The Bertz CT molecular complexity index is 213. The molecule has 1 heterocycles. The maximum atomic E-state index is 3.70. The van der Waals surface area contributed by atoms with Crippen molar-refractivity contribution in [2.75, 3.05) is 13.1 Å². The van der Waals surface area contributed by atoms with E-state index in [9.17, 15) is 0 Å². The van der Waals surface area contributed by atoms with Crippen LogP contribution in [0, 0.1) is 11.8 Å². The van der Waals surface area contributed by atoms with Crippen molar-refractivity contribution in [3.63, 3.8) is 0 Å². The normalized spacial score (nSPS) is 28.9. The van der Waals surface area contributed by atoms with Crippen LogP contribution in [0.2, 0.25) is 0 Å². The highest BCUT2D eigenvalue weighted by Gasteiger charge is 2.32. The number of nitrogens with one attached hydrogen (secondary N) is 1. The summed E-state index contributed by atoms with van der Waals surface area (Å²) in [6.07, 6.45) is 2.56. The molecule has 102 valence electrons. The fourth-order valence-electron chi connectivity index (χ4n) is 3.08. The van der Waals surface area contributed by atoms with Crippen LogP contribution in [0.3, 0.4) is 0 Å². The van der Waals surface area contributed by atoms with E-state index >= 15 is 0 Å². The summed E-state index contributed by atoms with van der Waals surface area (Å²) in [5, 5.41) is 3.70. The molecule has 0 aromatic carbocycles. The Morgan fingerprint density at radius 3 is 2.29 bits per heavy atom. The quantitative estimate of drug-likeness (QED) is 0.794. The second-order valence-corrected chi connectivity index (χ2v) is 6.50. The van der Waals surface area contributed by atoms with Crippen molar-refractivity contribution in [2.24, 2.45) is 11.8 Å². The fourth-order valence-corrected chi connectivity index (χ4v) is 3.08. The zero-order valence-electron chi connectivity index (χ0n) is 12.7. The molecule has 2 heteroatoms. The molecule has 0 radical (unpaired) electrons. The standard InChI is InChI=1S/C15H32N2/c1-7-14-10-17(13(6)8-11(2)3)15(9-16-14)12(4)5/h11-16H,7-10H2,1-6H3. The largest absolute Gasteiger partial charge is 0.311 e. The lowest BCUT2D eigenvalue weighted by atomic mass is 9.93. The van der Waals surface area contributed by atoms with Crippen LogP contribution in [0.5, 0.6) is 0 Å². The van der Waals surface area contributed by atoms with Gasteiger partial charge in [-0.15, -0.1) is 0 Å². The molecule has 0 spiro atoms. The molecule has 0 aromatic rings. The minimum absolute atomic E-state index is 0.694. The van der Waals surface area contributed by atoms with Gasteiger partial charge in [0.2, 0.25) is 0 Å². The summed E-state index contributed by atoms with van der Waals surface area (Å²) in [7, 11) is 0. The van der Waals surface area contributed by atoms with Crippen molar-refractivity contribution in [1.82, 2.24) is 10.2 Å². The Balaban J connectivity index is 2.66. The number of rotatable bonds is 5. The van der Waals surface area contributed by atoms with E-state index in [0.717, 1.165) is 17.9 Å². The predicted octanol–water partition coefficient (Wildman–Crippen LogP) is 3.13. The zero-order chi connectivity index (χ0) is 13.0. The molecule has 17 heavy (non-hydrogen) atoms. The van der Waals surface area contributed by atoms with Crippen LogP contribution in [0.4, 0.5) is 0 Å². The second-order valence-electron chi connectivity index (χ2n) is 6.50. The monoisotopic (exact) mass is 240 g/mol. The van der Waals surface area contributed by atoms with E-state index in [0.29, 0.717) is 12.1 Å². The lowest BCUT2D eigenvalue weighted by molar-refractivity contribution is 0.0531. The van der Waals surface area contributed by atoms with Gasteiger partial charge in [0.05, 0.1) is 0 Å². The highest BCUT2D eigenvalue weighted by molar-refractivity contribution is 4.89. The molecule has 3 unspecified atom stereocenters. The van der Waals surface area contributed by atoms with E-state index in [1.54, 1.807) is 0 Å². The van der Waals surface area contributed by atoms with Crippen molar-refractivity contribution < 1.29 is 0 Å². The molecular weight excluding hydrogens is 208 g/mol. The van der Waals surface area contributed by atoms with Crippen molar-refractivity contribution in [3.05, 3.63) is 0 Å². The Kier molecular flexibility index (Phi) is 5.94. The topological polar surface area (TPSA) is 15.3 Å². The van der Waals surface area contributed by atoms with Crippen LogP contribution in [0.1, 0.15) is 54.4 Å². The number of nitrogens with zero attached hydrogens (tertiary/aromatic N) is 1. The van der Waals surface area contributed by atoms with Crippen molar-refractivity contribution in [1.29, 1.82) is 0 Å². The first-order valence-electron chi connectivity index (χ1n) is 7.44. The summed E-state index contributed by atoms with van der Waals surface area (Å²) >= 11 is 0. The first kappa shape index (κ1) is 15.0. The lowest BCUT2D eigenvalue weighted by Crippen LogP contribution is -2.60. The Morgan fingerprint density at radius 1 is 1.18 bits per heavy atom. The minimum atomic E-state index is 0.694. The number of piperazine rings is 1. The number of hydrogen-bond acceptors (Lipinski definition) is 2. The summed E-state index contributed by atoms with van der Waals surface area (Å²) in [5.41, 5.74) is 0. The SMILES string of the molecule is CCC1CN(C(C)CC(C)C)C(C(C)C)CN1. The molecule has 1 aliphatic rings. The molecule has 2 nitrogen and oxygen atoms in total. The van der Waals surface area contributed by atoms with Gasteiger partial charge < -0.3 is 5.32 Å². The maximum Gasteiger partial charge on any atom is 0.0247 e. The molecule has 0 bridgehead atoms. The molecule has 1 N–H and O–H groups in total. The van der Waals surface area contributed by atoms with Gasteiger partial charge in [-0.05, 0) is 31.6 Å². The van der Waals surface area contributed by atoms with Gasteiger partial charge in [0.1, 0.15) is 0 Å². The van der Waals surface area contributed by atoms with Crippen LogP contribution in [-0.4, -0.2) is 36.1 Å². The molecule has 1 rings (SSSR count). The average Bonchev–Trinajstić information content (AvgIpc) is 2.27. The third-order valence-corrected chi connectivity index (χ3v) is 4.11. The molecule has 3 atom stereocenters. The van der Waals surface area contributed by atoms with Crippen molar-refractivity contribution in [3.8, 4) is 0 Å². The lowest BCUT2D eigenvalue weighted by Gasteiger charge is -2.46. The highest BCUT2D eigenvalue weighted by atomic mass is 15.3. The van der Waals surface area contributed by atoms with E-state index < -0.39 is 0 Å². The Morgan fingerprint density at radius 2 is 1.82 bits per heavy atom. The first-order valence-corrected chi connectivity index (χ1v) is 7.44. The molecule has 0 saturated carbocycles. The van der Waals surface area contributed by atoms with Crippen LogP contribution in [0.15, 0.2) is 0 Å². The van der Waals surface area contributed by atoms with Gasteiger partial charge in [0, 0.05) is 31.2 Å². The van der Waals surface area contributed by atoms with Gasteiger partial charge in [-0.25, -0.2) is 0 Å². The van der Waals surface area contributed by atoms with Crippen LogP contribution >= 0.6 is 0 Å². The van der Waals surface area contributed by atoms with Crippen molar-refractivity contribution >= 4 is 0 Å². The summed E-state index contributed by atoms with van der Waals surface area (Å²) in [5.74, 6) is 1.54. The zero-order valence-corrected chi connectivity index (χ0v) is 12.7. The molecule has 1 fully saturated rings. The summed E-state index contributed by atoms with van der Waals surface area (Å²) in [6.45, 7) is 16.5. The van der Waals surface area contributed by atoms with Gasteiger partial charge in [0.25, 0.3) is 0 Å². The Labute approximate surface area is 108 Å². The minimum Gasteiger partial charge on any atom is -0.311 e. The second kappa shape index (κ2) is 6.75. The molecule has 1 saturated heterocycles. The average molecular weight is 240 g/mol. The van der Waals surface area contributed by atoms with Gasteiger partial charge in [-0.2, -0.15) is 0 Å². The molecule has 0 aliphatic carbocycles.